The fourth-order valence-electron chi connectivity index (χ4n) is 6.35. The molecule has 0 atom stereocenters. The minimum atomic E-state index is 1.10. The first kappa shape index (κ1) is 27.4. The summed E-state index contributed by atoms with van der Waals surface area (Å²) in [7, 11) is 0. The highest BCUT2D eigenvalue weighted by atomic mass is 15.1. The highest BCUT2D eigenvalue weighted by molar-refractivity contribution is 6.10. The van der Waals surface area contributed by atoms with Crippen molar-refractivity contribution in [3.8, 4) is 16.8 Å². The molecule has 218 valence electrons. The van der Waals surface area contributed by atoms with Crippen molar-refractivity contribution in [2.24, 2.45) is 0 Å². The van der Waals surface area contributed by atoms with Crippen LogP contribution >= 0.6 is 0 Å². The average Bonchev–Trinajstić information content (AvgIpc) is 3.46. The summed E-state index contributed by atoms with van der Waals surface area (Å²) in [5.74, 6) is 0. The van der Waals surface area contributed by atoms with Crippen LogP contribution in [0.1, 0.15) is 11.1 Å². The van der Waals surface area contributed by atoms with Crippen molar-refractivity contribution in [3.05, 3.63) is 193 Å². The molecule has 1 aromatic heterocycles. The van der Waals surface area contributed by atoms with E-state index in [2.05, 4.69) is 198 Å². The third-order valence-corrected chi connectivity index (χ3v) is 8.56. The number of hydrogen-bond donors (Lipinski definition) is 0. The van der Waals surface area contributed by atoms with Gasteiger partial charge in [-0.1, -0.05) is 133 Å². The van der Waals surface area contributed by atoms with Gasteiger partial charge in [0.2, 0.25) is 0 Å². The van der Waals surface area contributed by atoms with E-state index in [-0.39, 0.29) is 0 Å². The highest BCUT2D eigenvalue weighted by Crippen LogP contribution is 2.40. The van der Waals surface area contributed by atoms with Crippen LogP contribution in [0.15, 0.2) is 182 Å². The Balaban J connectivity index is 1.27. The van der Waals surface area contributed by atoms with Crippen LogP contribution in [0.4, 0.5) is 17.1 Å². The molecule has 2 heteroatoms. The van der Waals surface area contributed by atoms with E-state index in [0.717, 1.165) is 28.3 Å². The number of aromatic nitrogens is 1. The Bertz CT molecular complexity index is 2280. The Labute approximate surface area is 269 Å². The molecule has 0 aliphatic carbocycles. The second-order valence-corrected chi connectivity index (χ2v) is 11.5. The summed E-state index contributed by atoms with van der Waals surface area (Å²) in [6.07, 6.45) is 4.33. The van der Waals surface area contributed by atoms with Crippen molar-refractivity contribution in [1.29, 1.82) is 0 Å². The molecule has 0 aliphatic heterocycles. The quantitative estimate of drug-likeness (QED) is 0.168. The van der Waals surface area contributed by atoms with E-state index in [1.165, 1.54) is 38.5 Å². The van der Waals surface area contributed by atoms with E-state index >= 15 is 0 Å². The molecule has 2 nitrogen and oxygen atoms in total. The van der Waals surface area contributed by atoms with Crippen molar-refractivity contribution in [3.63, 3.8) is 0 Å². The fraction of sp³-hybridized carbons (Fsp3) is 0. The lowest BCUT2D eigenvalue weighted by atomic mass is 10.0. The summed E-state index contributed by atoms with van der Waals surface area (Å²) < 4.78 is 2.36. The second kappa shape index (κ2) is 12.1. The first-order chi connectivity index (χ1) is 22.8. The summed E-state index contributed by atoms with van der Waals surface area (Å²) in [5, 5.41) is 2.46. The molecule has 8 aromatic rings. The van der Waals surface area contributed by atoms with Gasteiger partial charge in [0.05, 0.1) is 11.0 Å². The minimum Gasteiger partial charge on any atom is -0.310 e. The molecule has 0 fully saturated rings. The van der Waals surface area contributed by atoms with Crippen molar-refractivity contribution in [1.82, 2.24) is 4.57 Å². The number of nitrogens with zero attached hydrogens (tertiary/aromatic N) is 2. The van der Waals surface area contributed by atoms with Gasteiger partial charge < -0.3 is 9.47 Å². The standard InChI is InChI=1S/C44H32N2/c1-4-13-33(14-5-1)23-24-34-25-27-38(28-26-34)45(39-20-12-17-36(31-39)35-15-6-2-7-16-35)40-29-30-44-42(32-40)41-21-10-11-22-43(41)46(44)37-18-8-3-9-19-37/h1-32H/b24-23+. The number of para-hydroxylation sites is 2. The van der Waals surface area contributed by atoms with Crippen LogP contribution in [0.25, 0.3) is 50.8 Å². The first-order valence-corrected chi connectivity index (χ1v) is 15.7. The molecule has 8 rings (SSSR count). The molecule has 0 radical (unpaired) electrons. The van der Waals surface area contributed by atoms with Crippen molar-refractivity contribution in [2.75, 3.05) is 4.90 Å². The van der Waals surface area contributed by atoms with Crippen LogP contribution in [0.3, 0.4) is 0 Å². The van der Waals surface area contributed by atoms with E-state index in [0.29, 0.717) is 0 Å². The lowest BCUT2D eigenvalue weighted by Crippen LogP contribution is -2.10. The monoisotopic (exact) mass is 588 g/mol. The van der Waals surface area contributed by atoms with E-state index in [1.807, 2.05) is 6.07 Å². The zero-order valence-electron chi connectivity index (χ0n) is 25.4. The van der Waals surface area contributed by atoms with Gasteiger partial charge in [-0.3, -0.25) is 0 Å². The van der Waals surface area contributed by atoms with Gasteiger partial charge >= 0.3 is 0 Å². The predicted molar refractivity (Wildman–Crippen MR) is 196 cm³/mol. The Morgan fingerprint density at radius 2 is 0.935 bits per heavy atom. The van der Waals surface area contributed by atoms with Gasteiger partial charge in [0, 0.05) is 33.5 Å². The van der Waals surface area contributed by atoms with E-state index in [4.69, 9.17) is 0 Å². The maximum atomic E-state index is 2.37. The number of benzene rings is 7. The molecule has 1 heterocycles. The molecule has 0 bridgehead atoms. The Kier molecular flexibility index (Phi) is 7.22. The van der Waals surface area contributed by atoms with Crippen molar-refractivity contribution in [2.45, 2.75) is 0 Å². The molecule has 0 aliphatic rings. The van der Waals surface area contributed by atoms with Gasteiger partial charge in [-0.2, -0.15) is 0 Å². The number of rotatable bonds is 7. The summed E-state index contributed by atoms with van der Waals surface area (Å²) in [4.78, 5) is 2.37. The first-order valence-electron chi connectivity index (χ1n) is 15.7. The summed E-state index contributed by atoms with van der Waals surface area (Å²) >= 11 is 0. The van der Waals surface area contributed by atoms with Gasteiger partial charge in [0.1, 0.15) is 0 Å². The van der Waals surface area contributed by atoms with E-state index in [1.54, 1.807) is 0 Å². The van der Waals surface area contributed by atoms with E-state index in [9.17, 15) is 0 Å². The zero-order valence-corrected chi connectivity index (χ0v) is 25.4. The maximum Gasteiger partial charge on any atom is 0.0542 e. The molecule has 46 heavy (non-hydrogen) atoms. The lowest BCUT2D eigenvalue weighted by molar-refractivity contribution is 1.18. The van der Waals surface area contributed by atoms with Gasteiger partial charge in [0.15, 0.2) is 0 Å². The summed E-state index contributed by atoms with van der Waals surface area (Å²) in [6, 6.07) is 64.9. The highest BCUT2D eigenvalue weighted by Gasteiger charge is 2.17. The molecular formula is C44H32N2. The van der Waals surface area contributed by atoms with Gasteiger partial charge in [-0.15, -0.1) is 0 Å². The third-order valence-electron chi connectivity index (χ3n) is 8.56. The van der Waals surface area contributed by atoms with Crippen LogP contribution in [0.2, 0.25) is 0 Å². The molecule has 0 unspecified atom stereocenters. The summed E-state index contributed by atoms with van der Waals surface area (Å²) in [6.45, 7) is 0. The van der Waals surface area contributed by atoms with Crippen molar-refractivity contribution < 1.29 is 0 Å². The van der Waals surface area contributed by atoms with Crippen LogP contribution < -0.4 is 4.90 Å². The SMILES string of the molecule is C(=C\c1ccc(N(c2cccc(-c3ccccc3)c2)c2ccc3c(c2)c2ccccc2n3-c2ccccc2)cc1)/c1ccccc1. The molecular weight excluding hydrogens is 556 g/mol. The molecule has 0 saturated heterocycles. The molecule has 0 saturated carbocycles. The molecule has 0 amide bonds. The Morgan fingerprint density at radius 1 is 0.370 bits per heavy atom. The molecule has 0 spiro atoms. The molecule has 0 N–H and O–H groups in total. The van der Waals surface area contributed by atoms with Crippen molar-refractivity contribution >= 4 is 51.0 Å². The third kappa shape index (κ3) is 5.27. The van der Waals surface area contributed by atoms with Crippen LogP contribution in [0.5, 0.6) is 0 Å². The maximum absolute atomic E-state index is 2.37. The molecule has 7 aromatic carbocycles. The normalized spacial score (nSPS) is 11.4. The number of anilines is 3. The zero-order chi connectivity index (χ0) is 30.7. The Morgan fingerprint density at radius 3 is 1.70 bits per heavy atom. The Hall–Kier alpha value is -6.12. The van der Waals surface area contributed by atoms with Crippen LogP contribution in [-0.2, 0) is 0 Å². The van der Waals surface area contributed by atoms with E-state index < -0.39 is 0 Å². The topological polar surface area (TPSA) is 8.17 Å². The number of hydrogen-bond acceptors (Lipinski definition) is 1. The van der Waals surface area contributed by atoms with Gasteiger partial charge in [0.25, 0.3) is 0 Å². The van der Waals surface area contributed by atoms with Gasteiger partial charge in [-0.25, -0.2) is 0 Å². The second-order valence-electron chi connectivity index (χ2n) is 11.5. The van der Waals surface area contributed by atoms with Crippen LogP contribution in [0, 0.1) is 0 Å². The average molecular weight is 589 g/mol. The summed E-state index contributed by atoms with van der Waals surface area (Å²) in [5.41, 5.74) is 11.6. The number of fused-ring (bicyclic) bond motifs is 3. The lowest BCUT2D eigenvalue weighted by Gasteiger charge is -2.26. The largest absolute Gasteiger partial charge is 0.310 e. The predicted octanol–water partition coefficient (Wildman–Crippen LogP) is 12.1. The smallest absolute Gasteiger partial charge is 0.0542 e. The van der Waals surface area contributed by atoms with Crippen LogP contribution in [-0.4, -0.2) is 4.57 Å². The fourth-order valence-corrected chi connectivity index (χ4v) is 6.35. The minimum absolute atomic E-state index is 1.10. The van der Waals surface area contributed by atoms with Gasteiger partial charge in [-0.05, 0) is 82.9 Å².